The van der Waals surface area contributed by atoms with Crippen molar-refractivity contribution in [1.82, 2.24) is 0 Å². The van der Waals surface area contributed by atoms with Crippen LogP contribution >= 0.6 is 0 Å². The van der Waals surface area contributed by atoms with Crippen LogP contribution in [0, 0.1) is 23.7 Å². The molecular formula is C48H72O14. The third-order valence-electron chi connectivity index (χ3n) is 14.5. The Bertz CT molecular complexity index is 1730. The minimum atomic E-state index is -1.84. The fourth-order valence-electron chi connectivity index (χ4n) is 10.6. The van der Waals surface area contributed by atoms with E-state index in [1.807, 2.05) is 32.1 Å². The van der Waals surface area contributed by atoms with Gasteiger partial charge in [0, 0.05) is 51.7 Å². The van der Waals surface area contributed by atoms with E-state index in [2.05, 4.69) is 39.8 Å². The SMILES string of the molecule is CC[C@H](C)[C@H]1O[C@]2(C=C[C@@H]1C)C[C@@H]1C[C@@H](CC=C(C)[C@@H](O[C@H]3C[C@H](OC)[C@@H](O[C@H]4C[C@H](OC)[C@@H](O)[C@H](C)O4)[C@H](C)O3)[C@H](C)C=CC=C3CO[C@@H]4[C@H](O)C(C)=C[C@@H](C(=O)O1)[C@]34O)O2. The molecule has 2 bridgehead atoms. The molecule has 6 aliphatic heterocycles. The smallest absolute Gasteiger partial charge is 0.316 e. The zero-order valence-electron chi connectivity index (χ0n) is 38.2. The van der Waals surface area contributed by atoms with E-state index in [1.165, 1.54) is 0 Å². The normalized spacial score (nSPS) is 47.0. The van der Waals surface area contributed by atoms with Gasteiger partial charge >= 0.3 is 5.97 Å². The molecule has 6 heterocycles. The van der Waals surface area contributed by atoms with Gasteiger partial charge in [0.1, 0.15) is 42.0 Å². The first-order chi connectivity index (χ1) is 29.5. The van der Waals surface area contributed by atoms with E-state index in [0.717, 1.165) is 12.0 Å². The zero-order chi connectivity index (χ0) is 44.7. The Morgan fingerprint density at radius 3 is 2.32 bits per heavy atom. The second-order valence-corrected chi connectivity index (χ2v) is 19.0. The van der Waals surface area contributed by atoms with Crippen LogP contribution in [0.25, 0.3) is 0 Å². The second kappa shape index (κ2) is 19.7. The molecule has 0 radical (unpaired) electrons. The van der Waals surface area contributed by atoms with Gasteiger partial charge in [-0.15, -0.1) is 0 Å². The highest BCUT2D eigenvalue weighted by Crippen LogP contribution is 2.47. The number of aliphatic hydroxyl groups excluding tert-OH is 2. The van der Waals surface area contributed by atoms with Gasteiger partial charge in [0.2, 0.25) is 0 Å². The fourth-order valence-corrected chi connectivity index (χ4v) is 10.6. The minimum Gasteiger partial charge on any atom is -0.462 e. The van der Waals surface area contributed by atoms with Crippen molar-refractivity contribution in [1.29, 1.82) is 0 Å². The molecule has 14 nitrogen and oxygen atoms in total. The van der Waals surface area contributed by atoms with Crippen molar-refractivity contribution in [3.8, 4) is 0 Å². The van der Waals surface area contributed by atoms with E-state index in [-0.39, 0.29) is 42.7 Å². The molecule has 0 unspecified atom stereocenters. The molecule has 20 atom stereocenters. The van der Waals surface area contributed by atoms with Crippen LogP contribution in [0.1, 0.15) is 93.9 Å². The predicted molar refractivity (Wildman–Crippen MR) is 227 cm³/mol. The first-order valence-electron chi connectivity index (χ1n) is 22.9. The summed E-state index contributed by atoms with van der Waals surface area (Å²) in [7, 11) is 3.22. The van der Waals surface area contributed by atoms with E-state index in [0.29, 0.717) is 43.3 Å². The lowest BCUT2D eigenvalue weighted by molar-refractivity contribution is -0.318. The summed E-state index contributed by atoms with van der Waals surface area (Å²) in [6, 6.07) is 0. The highest BCUT2D eigenvalue weighted by Gasteiger charge is 2.60. The van der Waals surface area contributed by atoms with E-state index in [1.54, 1.807) is 40.2 Å². The van der Waals surface area contributed by atoms with Crippen LogP contribution in [0.4, 0.5) is 0 Å². The van der Waals surface area contributed by atoms with Crippen LogP contribution < -0.4 is 0 Å². The van der Waals surface area contributed by atoms with Crippen LogP contribution in [-0.2, 0) is 52.2 Å². The summed E-state index contributed by atoms with van der Waals surface area (Å²) in [6.45, 7) is 16.1. The predicted octanol–water partition coefficient (Wildman–Crippen LogP) is 5.38. The van der Waals surface area contributed by atoms with Gasteiger partial charge in [-0.05, 0) is 62.8 Å². The quantitative estimate of drug-likeness (QED) is 0.210. The van der Waals surface area contributed by atoms with Crippen LogP contribution in [0.5, 0.6) is 0 Å². The van der Waals surface area contributed by atoms with Gasteiger partial charge in [0.05, 0.1) is 49.3 Å². The van der Waals surface area contributed by atoms with Crippen molar-refractivity contribution in [3.63, 3.8) is 0 Å². The lowest BCUT2D eigenvalue weighted by Gasteiger charge is -2.48. The molecule has 0 amide bonds. The molecule has 7 rings (SSSR count). The van der Waals surface area contributed by atoms with Gasteiger partial charge in [0.25, 0.3) is 0 Å². The molecule has 348 valence electrons. The van der Waals surface area contributed by atoms with Crippen molar-refractivity contribution in [2.45, 2.75) is 191 Å². The monoisotopic (exact) mass is 872 g/mol. The van der Waals surface area contributed by atoms with Crippen molar-refractivity contribution in [2.75, 3.05) is 20.8 Å². The Kier molecular flexibility index (Phi) is 15.1. The van der Waals surface area contributed by atoms with Gasteiger partial charge in [0.15, 0.2) is 18.4 Å². The van der Waals surface area contributed by atoms with E-state index >= 15 is 0 Å². The molecule has 14 heteroatoms. The number of carbonyl (C=O) groups is 1. The van der Waals surface area contributed by atoms with Crippen molar-refractivity contribution < 1.29 is 67.5 Å². The van der Waals surface area contributed by atoms with E-state index < -0.39 is 90.8 Å². The fraction of sp³-hybridized carbons (Fsp3) is 0.771. The highest BCUT2D eigenvalue weighted by atomic mass is 16.7. The van der Waals surface area contributed by atoms with Crippen LogP contribution in [0.2, 0.25) is 0 Å². The molecule has 0 aromatic heterocycles. The van der Waals surface area contributed by atoms with Gasteiger partial charge in [-0.3, -0.25) is 4.79 Å². The molecule has 4 saturated heterocycles. The number of fused-ring (bicyclic) bond motifs is 2. The van der Waals surface area contributed by atoms with Crippen molar-refractivity contribution >= 4 is 5.97 Å². The number of rotatable bonds is 8. The number of allylic oxidation sites excluding steroid dienone is 2. The Balaban J connectivity index is 1.18. The molecule has 0 aromatic rings. The first-order valence-corrected chi connectivity index (χ1v) is 22.9. The number of hydrogen-bond donors (Lipinski definition) is 3. The van der Waals surface area contributed by atoms with Crippen molar-refractivity contribution in [2.24, 2.45) is 23.7 Å². The summed E-state index contributed by atoms with van der Waals surface area (Å²) >= 11 is 0. The number of aliphatic hydroxyl groups is 3. The summed E-state index contributed by atoms with van der Waals surface area (Å²) in [5.41, 5.74) is 0.134. The minimum absolute atomic E-state index is 0.0317. The number of esters is 1. The van der Waals surface area contributed by atoms with Gasteiger partial charge in [-0.25, -0.2) is 0 Å². The topological polar surface area (TPSA) is 170 Å². The lowest BCUT2D eigenvalue weighted by atomic mass is 9.71. The van der Waals surface area contributed by atoms with Gasteiger partial charge in [-0.2, -0.15) is 0 Å². The summed E-state index contributed by atoms with van der Waals surface area (Å²) in [4.78, 5) is 14.3. The Hall–Kier alpha value is -2.31. The molecule has 0 saturated carbocycles. The summed E-state index contributed by atoms with van der Waals surface area (Å²) in [5, 5.41) is 34.2. The summed E-state index contributed by atoms with van der Waals surface area (Å²) < 4.78 is 63.7. The Morgan fingerprint density at radius 1 is 0.887 bits per heavy atom. The highest BCUT2D eigenvalue weighted by molar-refractivity contribution is 5.78. The van der Waals surface area contributed by atoms with E-state index in [4.69, 9.17) is 47.4 Å². The zero-order valence-corrected chi connectivity index (χ0v) is 38.2. The number of ether oxygens (including phenoxy) is 10. The maximum atomic E-state index is 14.3. The molecule has 3 N–H and O–H groups in total. The Labute approximate surface area is 367 Å². The molecular weight excluding hydrogens is 801 g/mol. The standard InChI is InChI=1S/C48H72O14/c1-11-25(2)43-28(5)17-18-47(62-43)23-34-20-33(61-47)16-15-27(4)42(26(3)13-12-14-32-24-55-45-40(49)29(6)19-35(46(51)58-34)48(32,45)52)59-39-22-37(54-10)44(31(8)57-39)60-38-21-36(53-9)41(50)30(7)56-38/h12-15,17-19,25-26,28,30-31,33-45,49-50,52H,11,16,20-24H2,1-10H3/t25-,26+,28-,30-,31-,33+,34-,35-,36-,37-,38-,39-,40+,41-,42-,43+,44-,45+,47+,48+/m0/s1. The molecule has 4 fully saturated rings. The van der Waals surface area contributed by atoms with Gasteiger partial charge in [-0.1, -0.05) is 70.6 Å². The maximum absolute atomic E-state index is 14.3. The summed E-state index contributed by atoms with van der Waals surface area (Å²) in [5.74, 6) is -2.56. The average Bonchev–Trinajstić information content (AvgIpc) is 3.58. The van der Waals surface area contributed by atoms with Crippen LogP contribution in [0.15, 0.2) is 59.3 Å². The van der Waals surface area contributed by atoms with Crippen LogP contribution in [0.3, 0.4) is 0 Å². The lowest BCUT2D eigenvalue weighted by Crippen LogP contribution is -2.58. The second-order valence-electron chi connectivity index (χ2n) is 19.0. The first kappa shape index (κ1) is 47.6. The average molecular weight is 873 g/mol. The summed E-state index contributed by atoms with van der Waals surface area (Å²) in [6.07, 6.45) is 8.55. The van der Waals surface area contributed by atoms with Crippen LogP contribution in [-0.4, -0.2) is 139 Å². The molecule has 1 aliphatic carbocycles. The largest absolute Gasteiger partial charge is 0.462 e. The van der Waals surface area contributed by atoms with Crippen molar-refractivity contribution in [3.05, 3.63) is 59.3 Å². The third kappa shape index (κ3) is 9.64. The number of methoxy groups -OCH3 is 2. The van der Waals surface area contributed by atoms with Gasteiger partial charge < -0.3 is 62.7 Å². The molecule has 0 aromatic carbocycles. The Morgan fingerprint density at radius 2 is 1.60 bits per heavy atom. The molecule has 1 spiro atoms. The van der Waals surface area contributed by atoms with E-state index in [9.17, 15) is 20.1 Å². The third-order valence-corrected chi connectivity index (χ3v) is 14.5. The maximum Gasteiger partial charge on any atom is 0.316 e. The number of carbonyl (C=O) groups excluding carboxylic acids is 1. The number of hydrogen-bond acceptors (Lipinski definition) is 14. The molecule has 62 heavy (non-hydrogen) atoms. The molecule has 7 aliphatic rings.